The first kappa shape index (κ1) is 21.6. The fourth-order valence-corrected chi connectivity index (χ4v) is 0.664. The molecule has 0 aromatic carbocycles. The first-order chi connectivity index (χ1) is 6.62. The third-order valence-electron chi connectivity index (χ3n) is 1.04. The summed E-state index contributed by atoms with van der Waals surface area (Å²) in [5, 5.41) is 8.39. The van der Waals surface area contributed by atoms with E-state index in [2.05, 4.69) is 30.7 Å². The second kappa shape index (κ2) is 10.5. The summed E-state index contributed by atoms with van der Waals surface area (Å²) in [4.78, 5) is 19.8. The molecule has 7 nitrogen and oxygen atoms in total. The van der Waals surface area contributed by atoms with Gasteiger partial charge < -0.3 is 19.4 Å². The first-order valence-corrected chi connectivity index (χ1v) is 5.93. The van der Waals surface area contributed by atoms with Crippen LogP contribution >= 0.6 is 21.3 Å². The lowest BCUT2D eigenvalue weighted by Gasteiger charge is -2.21. The van der Waals surface area contributed by atoms with Gasteiger partial charge in [0.15, 0.2) is 0 Å². The van der Waals surface area contributed by atoms with E-state index in [-0.39, 0.29) is 26.7 Å². The number of quaternary nitrogens is 1. The minimum atomic E-state index is -4.40. The highest BCUT2D eigenvalue weighted by Crippen LogP contribution is 2.35. The standard InChI is InChI=1S/C5H14NO.C2H7O5P.H2S/c1-6(2,3)4-5-7;1-2-6-7-8(3,4)5;/h7H,4-5H2,1-3H3;2H2,1H3,(H2,3,4,5);1H2/q+1;;. The molecule has 0 bridgehead atoms. The van der Waals surface area contributed by atoms with Crippen LogP contribution in [0.25, 0.3) is 0 Å². The Morgan fingerprint density at radius 2 is 1.69 bits per heavy atom. The monoisotopic (exact) mass is 280 g/mol. The van der Waals surface area contributed by atoms with E-state index in [9.17, 15) is 4.57 Å². The van der Waals surface area contributed by atoms with Gasteiger partial charge in [-0.3, -0.25) is 0 Å². The van der Waals surface area contributed by atoms with Crippen molar-refractivity contribution in [3.05, 3.63) is 0 Å². The van der Waals surface area contributed by atoms with Crippen LogP contribution in [0, 0.1) is 0 Å². The summed E-state index contributed by atoms with van der Waals surface area (Å²) in [6, 6.07) is 0. The Kier molecular flexibility index (Phi) is 14.2. The maximum atomic E-state index is 9.74. The quantitative estimate of drug-likeness (QED) is 0.280. The highest BCUT2D eigenvalue weighted by atomic mass is 32.1. The first-order valence-electron chi connectivity index (χ1n) is 4.40. The number of rotatable bonds is 5. The molecular formula is C7H23NO6PS+. The third kappa shape index (κ3) is 29.3. The van der Waals surface area contributed by atoms with Gasteiger partial charge in [0.2, 0.25) is 0 Å². The van der Waals surface area contributed by atoms with E-state index < -0.39 is 7.82 Å². The summed E-state index contributed by atoms with van der Waals surface area (Å²) in [5.41, 5.74) is 0. The lowest BCUT2D eigenvalue weighted by Crippen LogP contribution is -2.36. The topological polar surface area (TPSA) is 96.2 Å². The van der Waals surface area contributed by atoms with Crippen molar-refractivity contribution >= 4 is 21.3 Å². The summed E-state index contributed by atoms with van der Waals surface area (Å²) in [7, 11) is 1.75. The number of aliphatic hydroxyl groups is 1. The fraction of sp³-hybridized carbons (Fsp3) is 1.00. The molecule has 0 unspecified atom stereocenters. The molecule has 16 heavy (non-hydrogen) atoms. The molecule has 0 aromatic rings. The van der Waals surface area contributed by atoms with Gasteiger partial charge in [-0.25, -0.2) is 9.45 Å². The molecule has 0 radical (unpaired) electrons. The molecule has 0 spiro atoms. The van der Waals surface area contributed by atoms with E-state index >= 15 is 0 Å². The second-order valence-corrected chi connectivity index (χ2v) is 4.84. The molecule has 0 heterocycles. The zero-order valence-electron chi connectivity index (χ0n) is 10.1. The van der Waals surface area contributed by atoms with Crippen molar-refractivity contribution in [3.8, 4) is 0 Å². The molecule has 0 aliphatic rings. The van der Waals surface area contributed by atoms with Gasteiger partial charge in [0.05, 0.1) is 34.4 Å². The average molecular weight is 280 g/mol. The van der Waals surface area contributed by atoms with Crippen molar-refractivity contribution in [1.82, 2.24) is 0 Å². The largest absolute Gasteiger partial charge is 0.496 e. The van der Waals surface area contributed by atoms with E-state index in [1.54, 1.807) is 6.92 Å². The van der Waals surface area contributed by atoms with Crippen molar-refractivity contribution in [3.63, 3.8) is 0 Å². The van der Waals surface area contributed by atoms with Gasteiger partial charge in [0, 0.05) is 0 Å². The van der Waals surface area contributed by atoms with Crippen LogP contribution in [-0.4, -0.2) is 60.3 Å². The van der Waals surface area contributed by atoms with Gasteiger partial charge >= 0.3 is 7.82 Å². The molecule has 0 rings (SSSR count). The van der Waals surface area contributed by atoms with Gasteiger partial charge in [0.25, 0.3) is 0 Å². The third-order valence-corrected chi connectivity index (χ3v) is 1.34. The highest BCUT2D eigenvalue weighted by molar-refractivity contribution is 7.59. The number of aliphatic hydroxyl groups excluding tert-OH is 1. The van der Waals surface area contributed by atoms with Crippen LogP contribution in [0.15, 0.2) is 0 Å². The SMILES string of the molecule is CCOOP(=O)(O)O.C[N+](C)(C)CCO.S. The highest BCUT2D eigenvalue weighted by Gasteiger charge is 2.13. The van der Waals surface area contributed by atoms with Crippen molar-refractivity contribution in [2.75, 3.05) is 40.9 Å². The zero-order chi connectivity index (χ0) is 12.5. The molecular weight excluding hydrogens is 257 g/mol. The molecule has 9 heteroatoms. The number of hydrogen-bond donors (Lipinski definition) is 3. The molecule has 3 N–H and O–H groups in total. The molecule has 0 aliphatic heterocycles. The molecule has 0 saturated carbocycles. The Morgan fingerprint density at radius 3 is 1.75 bits per heavy atom. The zero-order valence-corrected chi connectivity index (χ0v) is 12.0. The van der Waals surface area contributed by atoms with Crippen LogP contribution < -0.4 is 0 Å². The number of hydrogen-bond acceptors (Lipinski definition) is 4. The lowest BCUT2D eigenvalue weighted by molar-refractivity contribution is -0.870. The van der Waals surface area contributed by atoms with Crippen molar-refractivity contribution in [2.45, 2.75) is 6.92 Å². The molecule has 0 atom stereocenters. The summed E-state index contributed by atoms with van der Waals surface area (Å²) in [6.45, 7) is 2.78. The summed E-state index contributed by atoms with van der Waals surface area (Å²) >= 11 is 0. The average Bonchev–Trinajstić information content (AvgIpc) is 1.98. The molecule has 0 aromatic heterocycles. The van der Waals surface area contributed by atoms with Gasteiger partial charge in [0.1, 0.15) is 6.54 Å². The Bertz CT molecular complexity index is 192. The van der Waals surface area contributed by atoms with Gasteiger partial charge in [-0.2, -0.15) is 13.5 Å². The molecule has 0 saturated heterocycles. The predicted octanol–water partition coefficient (Wildman–Crippen LogP) is -0.155. The summed E-state index contributed by atoms with van der Waals surface area (Å²) in [6.07, 6.45) is 0. The second-order valence-electron chi connectivity index (χ2n) is 3.71. The van der Waals surface area contributed by atoms with Crippen molar-refractivity contribution in [2.24, 2.45) is 0 Å². The van der Waals surface area contributed by atoms with E-state index in [4.69, 9.17) is 14.9 Å². The van der Waals surface area contributed by atoms with Crippen LogP contribution in [0.2, 0.25) is 0 Å². The Labute approximate surface area is 103 Å². The summed E-state index contributed by atoms with van der Waals surface area (Å²) < 4.78 is 14.1. The Morgan fingerprint density at radius 1 is 1.25 bits per heavy atom. The van der Waals surface area contributed by atoms with Gasteiger partial charge in [-0.1, -0.05) is 0 Å². The Balaban J connectivity index is -0.000000200. The minimum Gasteiger partial charge on any atom is -0.391 e. The summed E-state index contributed by atoms with van der Waals surface area (Å²) in [5.74, 6) is 0. The van der Waals surface area contributed by atoms with E-state index in [0.29, 0.717) is 0 Å². The van der Waals surface area contributed by atoms with Crippen LogP contribution in [0.1, 0.15) is 6.92 Å². The van der Waals surface area contributed by atoms with E-state index in [0.717, 1.165) is 11.0 Å². The van der Waals surface area contributed by atoms with Gasteiger partial charge in [-0.15, -0.1) is 4.67 Å². The van der Waals surface area contributed by atoms with Crippen LogP contribution in [0.5, 0.6) is 0 Å². The molecule has 0 amide bonds. The smallest absolute Gasteiger partial charge is 0.391 e. The number of nitrogens with zero attached hydrogens (tertiary/aromatic N) is 1. The maximum absolute atomic E-state index is 9.74. The van der Waals surface area contributed by atoms with E-state index in [1.807, 2.05) is 0 Å². The number of likely N-dealkylation sites (N-methyl/N-ethyl adjacent to an activating group) is 1. The van der Waals surface area contributed by atoms with Crippen molar-refractivity contribution < 1.29 is 33.5 Å². The van der Waals surface area contributed by atoms with Crippen LogP contribution in [0.3, 0.4) is 0 Å². The number of phosphoric acid groups is 1. The lowest BCUT2D eigenvalue weighted by atomic mass is 10.5. The van der Waals surface area contributed by atoms with E-state index in [1.165, 1.54) is 0 Å². The van der Waals surface area contributed by atoms with Gasteiger partial charge in [-0.05, 0) is 6.92 Å². The van der Waals surface area contributed by atoms with Crippen molar-refractivity contribution in [1.29, 1.82) is 0 Å². The normalized spacial score (nSPS) is 11.2. The Hall–Kier alpha value is 0.340. The predicted molar refractivity (Wildman–Crippen MR) is 65.1 cm³/mol. The molecule has 0 fully saturated rings. The maximum Gasteiger partial charge on any atom is 0.496 e. The minimum absolute atomic E-state index is 0. The molecule has 102 valence electrons. The molecule has 0 aliphatic carbocycles. The fourth-order valence-electron chi connectivity index (χ4n) is 0.421. The van der Waals surface area contributed by atoms with Crippen LogP contribution in [0.4, 0.5) is 0 Å². The van der Waals surface area contributed by atoms with Crippen LogP contribution in [-0.2, 0) is 14.1 Å².